The van der Waals surface area contributed by atoms with Crippen molar-refractivity contribution in [2.75, 3.05) is 5.32 Å². The minimum Gasteiger partial charge on any atom is -0.382 e. The minimum atomic E-state index is -3.86. The van der Waals surface area contributed by atoms with Gasteiger partial charge in [-0.15, -0.1) is 0 Å². The molecule has 142 valence electrons. The lowest BCUT2D eigenvalue weighted by molar-refractivity contribution is 0.104. The summed E-state index contributed by atoms with van der Waals surface area (Å²) in [5, 5.41) is 3.56. The second-order valence-corrected chi connectivity index (χ2v) is 10.9. The van der Waals surface area contributed by atoms with Gasteiger partial charge in [-0.25, -0.2) is 8.42 Å². The van der Waals surface area contributed by atoms with Crippen molar-refractivity contribution >= 4 is 31.2 Å². The molecule has 2 aliphatic rings. The molecule has 6 heteroatoms. The fraction of sp³-hybridized carbons (Fsp3) is 0.381. The average Bonchev–Trinajstić information content (AvgIpc) is 2.88. The highest BCUT2D eigenvalue weighted by atomic mass is 35.7. The van der Waals surface area contributed by atoms with Gasteiger partial charge in [0.05, 0.1) is 4.90 Å². The van der Waals surface area contributed by atoms with Crippen LogP contribution in [0, 0.1) is 5.41 Å². The maximum Gasteiger partial charge on any atom is 0.261 e. The van der Waals surface area contributed by atoms with E-state index in [0.29, 0.717) is 22.6 Å². The van der Waals surface area contributed by atoms with Crippen molar-refractivity contribution in [1.29, 1.82) is 0 Å². The number of hydrogen-bond donors (Lipinski definition) is 1. The summed E-state index contributed by atoms with van der Waals surface area (Å²) < 4.78 is 23.2. The number of ketones is 1. The molecule has 0 radical (unpaired) electrons. The van der Waals surface area contributed by atoms with Crippen LogP contribution >= 0.6 is 10.7 Å². The first-order valence-electron chi connectivity index (χ1n) is 9.18. The quantitative estimate of drug-likeness (QED) is 0.610. The van der Waals surface area contributed by atoms with Crippen LogP contribution in [0.15, 0.2) is 41.3 Å². The predicted molar refractivity (Wildman–Crippen MR) is 108 cm³/mol. The lowest BCUT2D eigenvalue weighted by Gasteiger charge is -2.35. The molecule has 0 amide bonds. The van der Waals surface area contributed by atoms with Gasteiger partial charge in [-0.2, -0.15) is 0 Å². The lowest BCUT2D eigenvalue weighted by atomic mass is 9.75. The number of benzene rings is 2. The average molecular weight is 404 g/mol. The van der Waals surface area contributed by atoms with Crippen molar-refractivity contribution in [3.63, 3.8) is 0 Å². The Balaban J connectivity index is 1.60. The van der Waals surface area contributed by atoms with Crippen molar-refractivity contribution in [2.45, 2.75) is 50.5 Å². The van der Waals surface area contributed by atoms with Gasteiger partial charge in [0, 0.05) is 33.5 Å². The smallest absolute Gasteiger partial charge is 0.261 e. The number of rotatable bonds is 3. The Hall–Kier alpha value is -1.85. The predicted octanol–water partition coefficient (Wildman–Crippen LogP) is 5.21. The summed E-state index contributed by atoms with van der Waals surface area (Å²) in [6.45, 7) is 4.62. The molecule has 0 heterocycles. The van der Waals surface area contributed by atoms with Crippen molar-refractivity contribution in [3.05, 3.63) is 47.5 Å². The van der Waals surface area contributed by atoms with Gasteiger partial charge in [-0.05, 0) is 66.5 Å². The largest absolute Gasteiger partial charge is 0.382 e. The molecule has 1 N–H and O–H groups in total. The monoisotopic (exact) mass is 403 g/mol. The Labute approximate surface area is 164 Å². The van der Waals surface area contributed by atoms with Crippen LogP contribution in [0.5, 0.6) is 0 Å². The van der Waals surface area contributed by atoms with E-state index >= 15 is 0 Å². The van der Waals surface area contributed by atoms with Gasteiger partial charge in [-0.1, -0.05) is 26.0 Å². The molecule has 27 heavy (non-hydrogen) atoms. The molecule has 0 unspecified atom stereocenters. The van der Waals surface area contributed by atoms with Crippen molar-refractivity contribution in [2.24, 2.45) is 5.41 Å². The lowest BCUT2D eigenvalue weighted by Crippen LogP contribution is -2.29. The molecule has 0 bridgehead atoms. The van der Waals surface area contributed by atoms with E-state index in [-0.39, 0.29) is 10.7 Å². The highest BCUT2D eigenvalue weighted by Gasteiger charge is 2.30. The highest BCUT2D eigenvalue weighted by molar-refractivity contribution is 8.13. The maximum atomic E-state index is 12.8. The Kier molecular flexibility index (Phi) is 4.35. The fourth-order valence-electron chi connectivity index (χ4n) is 4.08. The highest BCUT2D eigenvalue weighted by Crippen LogP contribution is 2.40. The van der Waals surface area contributed by atoms with Crippen molar-refractivity contribution < 1.29 is 13.2 Å². The van der Waals surface area contributed by atoms with Gasteiger partial charge < -0.3 is 5.32 Å². The van der Waals surface area contributed by atoms with E-state index in [0.717, 1.165) is 29.7 Å². The van der Waals surface area contributed by atoms with E-state index < -0.39 is 9.05 Å². The first kappa shape index (κ1) is 18.5. The summed E-state index contributed by atoms with van der Waals surface area (Å²) in [4.78, 5) is 12.8. The van der Waals surface area contributed by atoms with E-state index in [1.54, 1.807) is 6.07 Å². The summed E-state index contributed by atoms with van der Waals surface area (Å²) in [7, 11) is 1.56. The van der Waals surface area contributed by atoms with Gasteiger partial charge in [0.15, 0.2) is 5.78 Å². The third-order valence-electron chi connectivity index (χ3n) is 5.78. The van der Waals surface area contributed by atoms with E-state index in [2.05, 4.69) is 19.2 Å². The molecular formula is C21H22ClNO3S. The number of hydrogen-bond acceptors (Lipinski definition) is 4. The Morgan fingerprint density at radius 1 is 0.963 bits per heavy atom. The molecule has 0 spiro atoms. The standard InChI is InChI=1S/C21H22ClNO3S/c1-21(2)9-7-13(8-10-21)23-14-3-5-16-17-6-4-15(27(22,25)26)12-19(17)20(24)18(16)11-14/h3-6,11-13,23H,7-10H2,1-2H3. The molecule has 1 saturated carbocycles. The van der Waals surface area contributed by atoms with Crippen LogP contribution in [-0.4, -0.2) is 20.2 Å². The second-order valence-electron chi connectivity index (χ2n) is 8.32. The number of carbonyl (C=O) groups is 1. The zero-order valence-corrected chi connectivity index (χ0v) is 17.0. The minimum absolute atomic E-state index is 0.0489. The van der Waals surface area contributed by atoms with Crippen molar-refractivity contribution in [1.82, 2.24) is 0 Å². The Bertz CT molecular complexity index is 1030. The summed E-state index contributed by atoms with van der Waals surface area (Å²) in [6.07, 6.45) is 4.62. The summed E-state index contributed by atoms with van der Waals surface area (Å²) in [6, 6.07) is 10.7. The van der Waals surface area contributed by atoms with Crippen LogP contribution in [0.3, 0.4) is 0 Å². The third-order valence-corrected chi connectivity index (χ3v) is 7.13. The molecule has 4 rings (SSSR count). The number of nitrogens with one attached hydrogen (secondary N) is 1. The van der Waals surface area contributed by atoms with Crippen LogP contribution in [0.25, 0.3) is 11.1 Å². The van der Waals surface area contributed by atoms with Gasteiger partial charge in [0.25, 0.3) is 9.05 Å². The first-order valence-corrected chi connectivity index (χ1v) is 11.5. The molecule has 0 atom stereocenters. The van der Waals surface area contributed by atoms with Crippen LogP contribution in [0.4, 0.5) is 5.69 Å². The number of carbonyl (C=O) groups excluding carboxylic acids is 1. The van der Waals surface area contributed by atoms with Crippen LogP contribution in [-0.2, 0) is 9.05 Å². The van der Waals surface area contributed by atoms with Crippen LogP contribution < -0.4 is 5.32 Å². The second kappa shape index (κ2) is 6.35. The zero-order chi connectivity index (χ0) is 19.4. The van der Waals surface area contributed by atoms with Crippen LogP contribution in [0.2, 0.25) is 0 Å². The van der Waals surface area contributed by atoms with E-state index in [4.69, 9.17) is 10.7 Å². The Morgan fingerprint density at radius 3 is 2.19 bits per heavy atom. The normalized spacial score (nSPS) is 18.9. The van der Waals surface area contributed by atoms with E-state index in [1.165, 1.54) is 25.0 Å². The molecule has 2 aromatic carbocycles. The zero-order valence-electron chi connectivity index (χ0n) is 15.4. The van der Waals surface area contributed by atoms with Gasteiger partial charge in [0.1, 0.15) is 0 Å². The van der Waals surface area contributed by atoms with Crippen molar-refractivity contribution in [3.8, 4) is 11.1 Å². The molecule has 0 aromatic heterocycles. The molecule has 2 aromatic rings. The van der Waals surface area contributed by atoms with Gasteiger partial charge >= 0.3 is 0 Å². The summed E-state index contributed by atoms with van der Waals surface area (Å²) >= 11 is 0. The molecule has 0 aliphatic heterocycles. The fourth-order valence-corrected chi connectivity index (χ4v) is 4.86. The summed E-state index contributed by atoms with van der Waals surface area (Å²) in [5.74, 6) is -0.157. The molecule has 1 fully saturated rings. The first-order chi connectivity index (χ1) is 12.6. The number of fused-ring (bicyclic) bond motifs is 3. The maximum absolute atomic E-state index is 12.8. The Morgan fingerprint density at radius 2 is 1.56 bits per heavy atom. The number of halogens is 1. The molecule has 0 saturated heterocycles. The van der Waals surface area contributed by atoms with Gasteiger partial charge in [0.2, 0.25) is 0 Å². The van der Waals surface area contributed by atoms with E-state index in [1.807, 2.05) is 18.2 Å². The molecule has 4 nitrogen and oxygen atoms in total. The summed E-state index contributed by atoms with van der Waals surface area (Å²) in [5.41, 5.74) is 3.94. The van der Waals surface area contributed by atoms with Crippen LogP contribution in [0.1, 0.15) is 55.5 Å². The van der Waals surface area contributed by atoms with E-state index in [9.17, 15) is 13.2 Å². The molecule has 2 aliphatic carbocycles. The SMILES string of the molecule is CC1(C)CCC(Nc2ccc3c(c2)C(=O)c2cc(S(=O)(=O)Cl)ccc2-3)CC1. The topological polar surface area (TPSA) is 63.2 Å². The molecular weight excluding hydrogens is 382 g/mol. The van der Waals surface area contributed by atoms with Gasteiger partial charge in [-0.3, -0.25) is 4.79 Å². The third kappa shape index (κ3) is 3.50. The number of anilines is 1.